The number of hydrogen-bond donors (Lipinski definition) is 2. The Labute approximate surface area is 116 Å². The molecule has 20 heavy (non-hydrogen) atoms. The van der Waals surface area contributed by atoms with Crippen molar-refractivity contribution in [3.8, 4) is 5.75 Å². The van der Waals surface area contributed by atoms with Crippen LogP contribution >= 0.6 is 0 Å². The average molecular weight is 288 g/mol. The van der Waals surface area contributed by atoms with Crippen molar-refractivity contribution in [2.45, 2.75) is 31.5 Å². The molecule has 0 aromatic heterocycles. The topological polar surface area (TPSA) is 33.3 Å². The highest BCUT2D eigenvalue weighted by atomic mass is 19.4. The molecule has 1 atom stereocenters. The molecule has 0 radical (unpaired) electrons. The van der Waals surface area contributed by atoms with Crippen molar-refractivity contribution in [1.82, 2.24) is 5.32 Å². The Morgan fingerprint density at radius 2 is 2.00 bits per heavy atom. The third-order valence-electron chi connectivity index (χ3n) is 3.21. The zero-order chi connectivity index (χ0) is 14.4. The summed E-state index contributed by atoms with van der Waals surface area (Å²) in [6.07, 6.45) is -1.31. The Morgan fingerprint density at radius 3 is 2.80 bits per heavy atom. The SMILES string of the molecule is FC(F)(F)COc1ccccc1NC1CCCNCC1. The van der Waals surface area contributed by atoms with Gasteiger partial charge in [0.15, 0.2) is 6.61 Å². The fraction of sp³-hybridized carbons (Fsp3) is 0.571. The number of nitrogens with one attached hydrogen (secondary N) is 2. The van der Waals surface area contributed by atoms with Crippen LogP contribution in [0.2, 0.25) is 0 Å². The highest BCUT2D eigenvalue weighted by Crippen LogP contribution is 2.28. The van der Waals surface area contributed by atoms with Gasteiger partial charge in [-0.2, -0.15) is 13.2 Å². The molecule has 0 saturated carbocycles. The molecule has 112 valence electrons. The van der Waals surface area contributed by atoms with Crippen LogP contribution in [0.25, 0.3) is 0 Å². The highest BCUT2D eigenvalue weighted by Gasteiger charge is 2.28. The quantitative estimate of drug-likeness (QED) is 0.892. The van der Waals surface area contributed by atoms with Crippen molar-refractivity contribution < 1.29 is 17.9 Å². The number of hydrogen-bond acceptors (Lipinski definition) is 3. The van der Waals surface area contributed by atoms with Crippen molar-refractivity contribution in [2.24, 2.45) is 0 Å². The van der Waals surface area contributed by atoms with Gasteiger partial charge < -0.3 is 15.4 Å². The molecule has 6 heteroatoms. The lowest BCUT2D eigenvalue weighted by Gasteiger charge is -2.20. The molecule has 1 aromatic carbocycles. The molecule has 1 aliphatic heterocycles. The first-order valence-electron chi connectivity index (χ1n) is 6.80. The lowest BCUT2D eigenvalue weighted by molar-refractivity contribution is -0.153. The second kappa shape index (κ2) is 6.83. The number of alkyl halides is 3. The number of anilines is 1. The predicted octanol–water partition coefficient (Wildman–Crippen LogP) is 3.18. The smallest absolute Gasteiger partial charge is 0.422 e. The van der Waals surface area contributed by atoms with Crippen molar-refractivity contribution in [3.05, 3.63) is 24.3 Å². The van der Waals surface area contributed by atoms with Gasteiger partial charge >= 0.3 is 6.18 Å². The minimum atomic E-state index is -4.32. The van der Waals surface area contributed by atoms with Gasteiger partial charge in [-0.25, -0.2) is 0 Å². The van der Waals surface area contributed by atoms with Crippen molar-refractivity contribution in [2.75, 3.05) is 25.0 Å². The van der Waals surface area contributed by atoms with Gasteiger partial charge in [0.2, 0.25) is 0 Å². The standard InChI is InChI=1S/C14H19F3N2O/c15-14(16,17)10-20-13-6-2-1-5-12(13)19-11-4-3-8-18-9-7-11/h1-2,5-6,11,18-19H,3-4,7-10H2. The average Bonchev–Trinajstić information content (AvgIpc) is 2.65. The summed E-state index contributed by atoms with van der Waals surface area (Å²) in [7, 11) is 0. The Balaban J connectivity index is 1.99. The lowest BCUT2D eigenvalue weighted by atomic mass is 10.1. The molecule has 1 unspecified atom stereocenters. The normalized spacial score (nSPS) is 20.2. The van der Waals surface area contributed by atoms with Crippen LogP contribution in [0.4, 0.5) is 18.9 Å². The molecule has 0 bridgehead atoms. The number of rotatable bonds is 4. The zero-order valence-electron chi connectivity index (χ0n) is 11.2. The van der Waals surface area contributed by atoms with E-state index in [4.69, 9.17) is 4.74 Å². The van der Waals surface area contributed by atoms with Crippen molar-refractivity contribution in [1.29, 1.82) is 0 Å². The van der Waals surface area contributed by atoms with Gasteiger partial charge in [-0.3, -0.25) is 0 Å². The van der Waals surface area contributed by atoms with Gasteiger partial charge in [0, 0.05) is 6.04 Å². The monoisotopic (exact) mass is 288 g/mol. The summed E-state index contributed by atoms with van der Waals surface area (Å²) >= 11 is 0. The van der Waals surface area contributed by atoms with Gasteiger partial charge in [0.05, 0.1) is 5.69 Å². The number of para-hydroxylation sites is 2. The first kappa shape index (κ1) is 15.0. The highest BCUT2D eigenvalue weighted by molar-refractivity contribution is 5.56. The maximum atomic E-state index is 12.2. The van der Waals surface area contributed by atoms with E-state index < -0.39 is 12.8 Å². The summed E-state index contributed by atoms with van der Waals surface area (Å²) in [6, 6.07) is 7.04. The minimum absolute atomic E-state index is 0.252. The Bertz CT molecular complexity index is 415. The van der Waals surface area contributed by atoms with Crippen LogP contribution in [0.1, 0.15) is 19.3 Å². The van der Waals surface area contributed by atoms with Crippen LogP contribution in [0.3, 0.4) is 0 Å². The molecule has 1 heterocycles. The van der Waals surface area contributed by atoms with E-state index in [1.54, 1.807) is 24.3 Å². The maximum Gasteiger partial charge on any atom is 0.422 e. The van der Waals surface area contributed by atoms with E-state index in [9.17, 15) is 13.2 Å². The van der Waals surface area contributed by atoms with Crippen LogP contribution < -0.4 is 15.4 Å². The predicted molar refractivity (Wildman–Crippen MR) is 72.1 cm³/mol. The summed E-state index contributed by atoms with van der Waals surface area (Å²) in [5.41, 5.74) is 0.628. The Kier molecular flexibility index (Phi) is 5.11. The summed E-state index contributed by atoms with van der Waals surface area (Å²) in [5.74, 6) is 0.252. The number of ether oxygens (including phenoxy) is 1. The molecule has 2 N–H and O–H groups in total. The van der Waals surface area contributed by atoms with Crippen LogP contribution in [0.5, 0.6) is 5.75 Å². The molecule has 2 rings (SSSR count). The second-order valence-electron chi connectivity index (χ2n) is 4.92. The van der Waals surface area contributed by atoms with Gasteiger partial charge in [0.25, 0.3) is 0 Å². The van der Waals surface area contributed by atoms with Gasteiger partial charge in [-0.1, -0.05) is 12.1 Å². The van der Waals surface area contributed by atoms with E-state index in [-0.39, 0.29) is 11.8 Å². The minimum Gasteiger partial charge on any atom is -0.482 e. The molecule has 3 nitrogen and oxygen atoms in total. The van der Waals surface area contributed by atoms with E-state index in [1.165, 1.54) is 0 Å². The van der Waals surface area contributed by atoms with E-state index >= 15 is 0 Å². The summed E-state index contributed by atoms with van der Waals surface area (Å²) in [5, 5.41) is 6.60. The summed E-state index contributed by atoms with van der Waals surface area (Å²) in [6.45, 7) is 0.644. The fourth-order valence-electron chi connectivity index (χ4n) is 2.25. The van der Waals surface area contributed by atoms with Crippen molar-refractivity contribution in [3.63, 3.8) is 0 Å². The lowest BCUT2D eigenvalue weighted by Crippen LogP contribution is -2.23. The van der Waals surface area contributed by atoms with E-state index in [2.05, 4.69) is 10.6 Å². The molecule has 1 aliphatic rings. The van der Waals surface area contributed by atoms with E-state index in [1.807, 2.05) is 0 Å². The van der Waals surface area contributed by atoms with Crippen LogP contribution in [0, 0.1) is 0 Å². The first-order valence-corrected chi connectivity index (χ1v) is 6.80. The third kappa shape index (κ3) is 4.92. The second-order valence-corrected chi connectivity index (χ2v) is 4.92. The summed E-state index contributed by atoms with van der Waals surface area (Å²) < 4.78 is 41.6. The maximum absolute atomic E-state index is 12.2. The van der Waals surface area contributed by atoms with Crippen molar-refractivity contribution >= 4 is 5.69 Å². The molecule has 1 fully saturated rings. The van der Waals surface area contributed by atoms with Crippen LogP contribution in [0.15, 0.2) is 24.3 Å². The molecule has 0 aliphatic carbocycles. The van der Waals surface area contributed by atoms with Gasteiger partial charge in [-0.05, 0) is 44.5 Å². The number of benzene rings is 1. The molecular formula is C14H19F3N2O. The molecule has 1 aromatic rings. The van der Waals surface area contributed by atoms with Crippen LogP contribution in [-0.4, -0.2) is 31.9 Å². The third-order valence-corrected chi connectivity index (χ3v) is 3.21. The van der Waals surface area contributed by atoms with Gasteiger partial charge in [-0.15, -0.1) is 0 Å². The molecular weight excluding hydrogens is 269 g/mol. The largest absolute Gasteiger partial charge is 0.482 e. The zero-order valence-corrected chi connectivity index (χ0v) is 11.2. The Hall–Kier alpha value is -1.43. The van der Waals surface area contributed by atoms with E-state index in [0.717, 1.165) is 32.4 Å². The summed E-state index contributed by atoms with van der Waals surface area (Å²) in [4.78, 5) is 0. The first-order chi connectivity index (χ1) is 9.54. The molecule has 0 amide bonds. The Morgan fingerprint density at radius 1 is 1.20 bits per heavy atom. The molecule has 1 saturated heterocycles. The van der Waals surface area contributed by atoms with Crippen LogP contribution in [-0.2, 0) is 0 Å². The van der Waals surface area contributed by atoms with Gasteiger partial charge in [0.1, 0.15) is 5.75 Å². The van der Waals surface area contributed by atoms with E-state index in [0.29, 0.717) is 5.69 Å². The fourth-order valence-corrected chi connectivity index (χ4v) is 2.25. The molecule has 0 spiro atoms. The number of halogens is 3.